The lowest BCUT2D eigenvalue weighted by Gasteiger charge is -2.05. The maximum atomic E-state index is 12.2. The SMILES string of the molecule is Cc1ccc(CNC(=O)c2cc3cn(C(C)C)cc3s2)o1. The molecule has 0 saturated carbocycles. The van der Waals surface area contributed by atoms with E-state index in [9.17, 15) is 4.79 Å². The Morgan fingerprint density at radius 3 is 2.81 bits per heavy atom. The van der Waals surface area contributed by atoms with Gasteiger partial charge in [-0.3, -0.25) is 4.79 Å². The van der Waals surface area contributed by atoms with Crippen LogP contribution in [0.1, 0.15) is 41.1 Å². The topological polar surface area (TPSA) is 47.2 Å². The number of carbonyl (C=O) groups is 1. The van der Waals surface area contributed by atoms with E-state index in [4.69, 9.17) is 4.42 Å². The van der Waals surface area contributed by atoms with Crippen molar-refractivity contribution in [2.45, 2.75) is 33.4 Å². The zero-order valence-electron chi connectivity index (χ0n) is 12.3. The van der Waals surface area contributed by atoms with Gasteiger partial charge < -0.3 is 14.3 Å². The molecule has 0 unspecified atom stereocenters. The zero-order valence-corrected chi connectivity index (χ0v) is 13.2. The first-order chi connectivity index (χ1) is 10.0. The van der Waals surface area contributed by atoms with Crippen LogP contribution in [0.2, 0.25) is 0 Å². The largest absolute Gasteiger partial charge is 0.465 e. The minimum Gasteiger partial charge on any atom is -0.465 e. The summed E-state index contributed by atoms with van der Waals surface area (Å²) in [7, 11) is 0. The number of hydrogen-bond acceptors (Lipinski definition) is 3. The van der Waals surface area contributed by atoms with Gasteiger partial charge in [0.2, 0.25) is 0 Å². The normalized spacial score (nSPS) is 11.4. The Hall–Kier alpha value is -2.01. The van der Waals surface area contributed by atoms with Crippen LogP contribution in [-0.2, 0) is 6.54 Å². The highest BCUT2D eigenvalue weighted by molar-refractivity contribution is 7.20. The number of hydrogen-bond donors (Lipinski definition) is 1. The zero-order chi connectivity index (χ0) is 15.0. The summed E-state index contributed by atoms with van der Waals surface area (Å²) >= 11 is 1.52. The standard InChI is InChI=1S/C16H18N2O2S/c1-10(2)18-8-12-6-14(21-15(12)9-18)16(19)17-7-13-5-4-11(3)20-13/h4-6,8-10H,7H2,1-3H3,(H,17,19). The third kappa shape index (κ3) is 2.88. The van der Waals surface area contributed by atoms with Gasteiger partial charge in [-0.1, -0.05) is 0 Å². The molecule has 0 atom stereocenters. The highest BCUT2D eigenvalue weighted by atomic mass is 32.1. The first-order valence-corrected chi connectivity index (χ1v) is 7.79. The summed E-state index contributed by atoms with van der Waals surface area (Å²) in [6.07, 6.45) is 4.18. The van der Waals surface area contributed by atoms with E-state index in [-0.39, 0.29) is 5.91 Å². The number of amides is 1. The monoisotopic (exact) mass is 302 g/mol. The fraction of sp³-hybridized carbons (Fsp3) is 0.312. The van der Waals surface area contributed by atoms with Crippen molar-refractivity contribution < 1.29 is 9.21 Å². The first-order valence-electron chi connectivity index (χ1n) is 6.97. The summed E-state index contributed by atoms with van der Waals surface area (Å²) in [6, 6.07) is 6.16. The van der Waals surface area contributed by atoms with Gasteiger partial charge in [-0.15, -0.1) is 11.3 Å². The number of nitrogens with one attached hydrogen (secondary N) is 1. The predicted molar refractivity (Wildman–Crippen MR) is 84.8 cm³/mol. The molecule has 21 heavy (non-hydrogen) atoms. The first kappa shape index (κ1) is 13.9. The Labute approximate surface area is 127 Å². The molecule has 5 heteroatoms. The fourth-order valence-corrected chi connectivity index (χ4v) is 3.19. The van der Waals surface area contributed by atoms with Crippen LogP contribution in [0.4, 0.5) is 0 Å². The van der Waals surface area contributed by atoms with Gasteiger partial charge in [0.1, 0.15) is 11.5 Å². The van der Waals surface area contributed by atoms with Crippen LogP contribution in [-0.4, -0.2) is 10.5 Å². The number of carbonyl (C=O) groups excluding carboxylic acids is 1. The number of rotatable bonds is 4. The quantitative estimate of drug-likeness (QED) is 0.788. The molecule has 3 heterocycles. The minimum absolute atomic E-state index is 0.0543. The number of aryl methyl sites for hydroxylation is 1. The van der Waals surface area contributed by atoms with Crippen molar-refractivity contribution in [3.63, 3.8) is 0 Å². The number of aromatic nitrogens is 1. The second-order valence-electron chi connectivity index (χ2n) is 5.42. The van der Waals surface area contributed by atoms with Crippen LogP contribution in [0.5, 0.6) is 0 Å². The molecule has 0 aliphatic carbocycles. The number of nitrogens with zero attached hydrogens (tertiary/aromatic N) is 1. The lowest BCUT2D eigenvalue weighted by atomic mass is 10.3. The van der Waals surface area contributed by atoms with Crippen LogP contribution in [0, 0.1) is 6.92 Å². The maximum absolute atomic E-state index is 12.2. The van der Waals surface area contributed by atoms with Crippen molar-refractivity contribution in [1.29, 1.82) is 0 Å². The number of fused-ring (bicyclic) bond motifs is 1. The second-order valence-corrected chi connectivity index (χ2v) is 6.51. The maximum Gasteiger partial charge on any atom is 0.261 e. The molecule has 3 rings (SSSR count). The van der Waals surface area contributed by atoms with Crippen LogP contribution in [0.3, 0.4) is 0 Å². The van der Waals surface area contributed by atoms with Crippen molar-refractivity contribution in [3.8, 4) is 0 Å². The third-order valence-electron chi connectivity index (χ3n) is 3.38. The van der Waals surface area contributed by atoms with E-state index in [1.165, 1.54) is 11.3 Å². The van der Waals surface area contributed by atoms with E-state index >= 15 is 0 Å². The molecule has 1 amide bonds. The van der Waals surface area contributed by atoms with Gasteiger partial charge in [0.05, 0.1) is 16.1 Å². The molecule has 0 radical (unpaired) electrons. The van der Waals surface area contributed by atoms with E-state index < -0.39 is 0 Å². The Morgan fingerprint density at radius 2 is 2.19 bits per heavy atom. The molecule has 4 nitrogen and oxygen atoms in total. The van der Waals surface area contributed by atoms with Crippen LogP contribution in [0.15, 0.2) is 35.0 Å². The van der Waals surface area contributed by atoms with E-state index in [1.54, 1.807) is 0 Å². The molecule has 0 saturated heterocycles. The van der Waals surface area contributed by atoms with Gasteiger partial charge in [-0.2, -0.15) is 0 Å². The van der Waals surface area contributed by atoms with Crippen molar-refractivity contribution >= 4 is 27.3 Å². The van der Waals surface area contributed by atoms with E-state index in [2.05, 4.69) is 36.1 Å². The highest BCUT2D eigenvalue weighted by Gasteiger charge is 2.12. The average molecular weight is 302 g/mol. The average Bonchev–Trinajstić information content (AvgIpc) is 3.09. The van der Waals surface area contributed by atoms with E-state index in [0.717, 1.165) is 26.5 Å². The van der Waals surface area contributed by atoms with Gasteiger partial charge in [0.25, 0.3) is 5.91 Å². The Bertz CT molecular complexity index is 748. The van der Waals surface area contributed by atoms with E-state index in [1.807, 2.05) is 25.1 Å². The summed E-state index contributed by atoms with van der Waals surface area (Å²) in [5.74, 6) is 1.57. The predicted octanol–water partition coefficient (Wildman–Crippen LogP) is 4.12. The summed E-state index contributed by atoms with van der Waals surface area (Å²) < 4.78 is 8.74. The smallest absolute Gasteiger partial charge is 0.261 e. The second kappa shape index (κ2) is 5.41. The Morgan fingerprint density at radius 1 is 1.38 bits per heavy atom. The lowest BCUT2D eigenvalue weighted by Crippen LogP contribution is -2.21. The van der Waals surface area contributed by atoms with Gasteiger partial charge in [0, 0.05) is 23.8 Å². The van der Waals surface area contributed by atoms with Crippen molar-refractivity contribution in [2.24, 2.45) is 0 Å². The number of thiophene rings is 1. The molecule has 110 valence electrons. The minimum atomic E-state index is -0.0543. The van der Waals surface area contributed by atoms with Gasteiger partial charge in [-0.25, -0.2) is 0 Å². The summed E-state index contributed by atoms with van der Waals surface area (Å²) in [5.41, 5.74) is 0. The fourth-order valence-electron chi connectivity index (χ4n) is 2.20. The molecule has 0 bridgehead atoms. The summed E-state index contributed by atoms with van der Waals surface area (Å²) in [6.45, 7) is 6.59. The van der Waals surface area contributed by atoms with Crippen molar-refractivity contribution in [3.05, 3.63) is 47.0 Å². The van der Waals surface area contributed by atoms with Gasteiger partial charge in [0.15, 0.2) is 0 Å². The van der Waals surface area contributed by atoms with E-state index in [0.29, 0.717) is 12.6 Å². The van der Waals surface area contributed by atoms with Gasteiger partial charge in [-0.05, 0) is 39.0 Å². The highest BCUT2D eigenvalue weighted by Crippen LogP contribution is 2.28. The van der Waals surface area contributed by atoms with Gasteiger partial charge >= 0.3 is 0 Å². The lowest BCUT2D eigenvalue weighted by molar-refractivity contribution is 0.0952. The molecule has 0 fully saturated rings. The molecule has 3 aromatic rings. The molecular formula is C16H18N2O2S. The van der Waals surface area contributed by atoms with Crippen molar-refractivity contribution in [1.82, 2.24) is 9.88 Å². The Balaban J connectivity index is 1.71. The van der Waals surface area contributed by atoms with Crippen LogP contribution in [0.25, 0.3) is 10.1 Å². The molecule has 0 aliphatic rings. The molecule has 0 aliphatic heterocycles. The molecule has 0 spiro atoms. The van der Waals surface area contributed by atoms with Crippen LogP contribution < -0.4 is 5.32 Å². The summed E-state index contributed by atoms with van der Waals surface area (Å²) in [4.78, 5) is 12.9. The van der Waals surface area contributed by atoms with Crippen LogP contribution >= 0.6 is 11.3 Å². The Kier molecular flexibility index (Phi) is 3.59. The summed E-state index contributed by atoms with van der Waals surface area (Å²) in [5, 5.41) is 4.01. The molecular weight excluding hydrogens is 284 g/mol. The molecule has 3 aromatic heterocycles. The number of furan rings is 1. The molecule has 0 aromatic carbocycles. The third-order valence-corrected chi connectivity index (χ3v) is 4.47. The van der Waals surface area contributed by atoms with Crippen molar-refractivity contribution in [2.75, 3.05) is 0 Å². The molecule has 1 N–H and O–H groups in total.